The lowest BCUT2D eigenvalue weighted by atomic mass is 10.1. The molecule has 3 rings (SSSR count). The van der Waals surface area contributed by atoms with Gasteiger partial charge >= 0.3 is 6.03 Å². The lowest BCUT2D eigenvalue weighted by molar-refractivity contribution is -0.127. The molecule has 3 amide bonds. The highest BCUT2D eigenvalue weighted by Gasteiger charge is 2.47. The van der Waals surface area contributed by atoms with Crippen molar-refractivity contribution in [2.24, 2.45) is 4.99 Å². The number of carbonyl (C=O) groups excluding carboxylic acids is 2. The number of urea groups is 1. The van der Waals surface area contributed by atoms with Crippen LogP contribution in [0.3, 0.4) is 0 Å². The van der Waals surface area contributed by atoms with Gasteiger partial charge in [0.1, 0.15) is 0 Å². The maximum Gasteiger partial charge on any atom is 0.325 e. The molecule has 110 valence electrons. The van der Waals surface area contributed by atoms with Crippen LogP contribution in [-0.2, 0) is 11.3 Å². The maximum absolute atomic E-state index is 12.1. The van der Waals surface area contributed by atoms with Crippen molar-refractivity contribution < 1.29 is 9.59 Å². The number of nitrogens with one attached hydrogen (secondary N) is 1. The minimum absolute atomic E-state index is 0.312. The van der Waals surface area contributed by atoms with Crippen LogP contribution in [0.15, 0.2) is 29.3 Å². The van der Waals surface area contributed by atoms with Gasteiger partial charge in [-0.3, -0.25) is 10.1 Å². The van der Waals surface area contributed by atoms with E-state index in [9.17, 15) is 9.59 Å². The van der Waals surface area contributed by atoms with Gasteiger partial charge in [-0.15, -0.1) is 0 Å². The second-order valence-electron chi connectivity index (χ2n) is 5.28. The second kappa shape index (κ2) is 5.14. The molecule has 0 bridgehead atoms. The number of likely N-dealkylation sites (N-methyl/N-ethyl adjacent to an activating group) is 1. The Bertz CT molecular complexity index is 628. The predicted molar refractivity (Wildman–Crippen MR) is 82.0 cm³/mol. The molecule has 2 unspecified atom stereocenters. The van der Waals surface area contributed by atoms with E-state index in [4.69, 9.17) is 0 Å². The smallest absolute Gasteiger partial charge is 0.325 e. The molecule has 2 aliphatic rings. The number of amidine groups is 1. The van der Waals surface area contributed by atoms with E-state index in [1.807, 2.05) is 36.1 Å². The first-order valence-electron chi connectivity index (χ1n) is 6.60. The largest absolute Gasteiger partial charge is 0.331 e. The molecule has 1 saturated heterocycles. The number of amides is 3. The SMILES string of the molecule is Cc1ccc(CN2C(Br)=NC3C2C(=O)NC(=O)N3C)cc1. The number of halogens is 1. The molecule has 1 N–H and O–H groups in total. The zero-order valence-electron chi connectivity index (χ0n) is 11.7. The molecule has 0 aromatic heterocycles. The third-order valence-corrected chi connectivity index (χ3v) is 4.44. The van der Waals surface area contributed by atoms with Crippen molar-refractivity contribution >= 4 is 32.6 Å². The molecule has 6 nitrogen and oxygen atoms in total. The molecular formula is C14H15BrN4O2. The predicted octanol–water partition coefficient (Wildman–Crippen LogP) is 1.44. The van der Waals surface area contributed by atoms with Crippen LogP contribution in [0.1, 0.15) is 11.1 Å². The van der Waals surface area contributed by atoms with Gasteiger partial charge in [0.2, 0.25) is 0 Å². The third kappa shape index (κ3) is 2.42. The normalized spacial score (nSPS) is 24.8. The Morgan fingerprint density at radius 1 is 1.29 bits per heavy atom. The summed E-state index contributed by atoms with van der Waals surface area (Å²) in [5.41, 5.74) is 2.27. The molecule has 2 heterocycles. The Morgan fingerprint density at radius 3 is 2.62 bits per heavy atom. The van der Waals surface area contributed by atoms with Crippen LogP contribution in [0, 0.1) is 6.92 Å². The van der Waals surface area contributed by atoms with Crippen LogP contribution in [0.25, 0.3) is 0 Å². The second-order valence-corrected chi connectivity index (χ2v) is 5.98. The average Bonchev–Trinajstić information content (AvgIpc) is 2.77. The van der Waals surface area contributed by atoms with Crippen LogP contribution in [0.4, 0.5) is 4.79 Å². The van der Waals surface area contributed by atoms with E-state index in [1.165, 1.54) is 10.5 Å². The van der Waals surface area contributed by atoms with Gasteiger partial charge in [-0.05, 0) is 28.4 Å². The van der Waals surface area contributed by atoms with Gasteiger partial charge < -0.3 is 9.80 Å². The highest BCUT2D eigenvalue weighted by atomic mass is 79.9. The van der Waals surface area contributed by atoms with Gasteiger partial charge in [-0.2, -0.15) is 0 Å². The van der Waals surface area contributed by atoms with E-state index < -0.39 is 18.2 Å². The van der Waals surface area contributed by atoms with E-state index in [0.717, 1.165) is 5.56 Å². The van der Waals surface area contributed by atoms with E-state index in [0.29, 0.717) is 11.3 Å². The number of carbonyl (C=O) groups is 2. The summed E-state index contributed by atoms with van der Waals surface area (Å²) in [6, 6.07) is 7.21. The van der Waals surface area contributed by atoms with E-state index in [1.54, 1.807) is 7.05 Å². The van der Waals surface area contributed by atoms with Crippen molar-refractivity contribution in [3.63, 3.8) is 0 Å². The van der Waals surface area contributed by atoms with Crippen LogP contribution in [0.5, 0.6) is 0 Å². The number of hydrogen-bond donors (Lipinski definition) is 1. The Labute approximate surface area is 130 Å². The van der Waals surface area contributed by atoms with Gasteiger partial charge in [0.25, 0.3) is 5.91 Å². The molecular weight excluding hydrogens is 336 g/mol. The van der Waals surface area contributed by atoms with Crippen LogP contribution < -0.4 is 5.32 Å². The summed E-state index contributed by atoms with van der Waals surface area (Å²) in [6.07, 6.45) is -0.480. The topological polar surface area (TPSA) is 65.0 Å². The summed E-state index contributed by atoms with van der Waals surface area (Å²) in [5, 5.41) is 2.36. The minimum atomic E-state index is -0.497. The molecule has 0 saturated carbocycles. The van der Waals surface area contributed by atoms with Gasteiger partial charge in [-0.25, -0.2) is 9.79 Å². The molecule has 0 spiro atoms. The van der Waals surface area contributed by atoms with E-state index >= 15 is 0 Å². The molecule has 2 aliphatic heterocycles. The molecule has 21 heavy (non-hydrogen) atoms. The van der Waals surface area contributed by atoms with E-state index in [2.05, 4.69) is 26.2 Å². The Kier molecular flexibility index (Phi) is 3.44. The summed E-state index contributed by atoms with van der Waals surface area (Å²) in [5.74, 6) is -0.312. The monoisotopic (exact) mass is 350 g/mol. The van der Waals surface area contributed by atoms with Gasteiger partial charge in [0, 0.05) is 13.6 Å². The van der Waals surface area contributed by atoms with Crippen molar-refractivity contribution in [2.75, 3.05) is 7.05 Å². The lowest BCUT2D eigenvalue weighted by Gasteiger charge is -2.35. The Hall–Kier alpha value is -1.89. The number of rotatable bonds is 2. The number of imide groups is 1. The molecule has 1 aromatic carbocycles. The first kappa shape index (κ1) is 14.1. The molecule has 2 atom stereocenters. The first-order chi connectivity index (χ1) is 9.97. The van der Waals surface area contributed by atoms with E-state index in [-0.39, 0.29) is 5.91 Å². The highest BCUT2D eigenvalue weighted by Crippen LogP contribution is 2.27. The van der Waals surface area contributed by atoms with Gasteiger partial charge in [0.05, 0.1) is 0 Å². The third-order valence-electron chi connectivity index (χ3n) is 3.78. The zero-order valence-corrected chi connectivity index (χ0v) is 13.3. The number of aryl methyl sites for hydroxylation is 1. The molecule has 0 aliphatic carbocycles. The zero-order chi connectivity index (χ0) is 15.1. The maximum atomic E-state index is 12.1. The van der Waals surface area contributed by atoms with Crippen LogP contribution in [0.2, 0.25) is 0 Å². The number of fused-ring (bicyclic) bond motifs is 1. The number of nitrogens with zero attached hydrogens (tertiary/aromatic N) is 3. The summed E-state index contributed by atoms with van der Waals surface area (Å²) in [4.78, 5) is 31.5. The van der Waals surface area contributed by atoms with Crippen LogP contribution in [-0.4, -0.2) is 45.7 Å². The molecule has 1 aromatic rings. The van der Waals surface area contributed by atoms with Gasteiger partial charge in [0.15, 0.2) is 17.0 Å². The number of aliphatic imine (C=N–C) groups is 1. The average molecular weight is 351 g/mol. The fourth-order valence-corrected chi connectivity index (χ4v) is 3.10. The van der Waals surface area contributed by atoms with Gasteiger partial charge in [-0.1, -0.05) is 29.8 Å². The Morgan fingerprint density at radius 2 is 1.95 bits per heavy atom. The molecule has 0 radical (unpaired) electrons. The fraction of sp³-hybridized carbons (Fsp3) is 0.357. The standard InChI is InChI=1S/C14H15BrN4O2/c1-8-3-5-9(6-4-8)7-19-10-11(16-13(19)15)18(2)14(21)17-12(10)20/h3-6,10-11H,7H2,1-2H3,(H,17,20,21). The Balaban J connectivity index is 1.86. The molecule has 1 fully saturated rings. The summed E-state index contributed by atoms with van der Waals surface area (Å²) in [6.45, 7) is 2.59. The van der Waals surface area contributed by atoms with Crippen molar-refractivity contribution in [1.29, 1.82) is 0 Å². The van der Waals surface area contributed by atoms with Crippen molar-refractivity contribution in [3.8, 4) is 0 Å². The highest BCUT2D eigenvalue weighted by molar-refractivity contribution is 9.18. The van der Waals surface area contributed by atoms with Crippen LogP contribution >= 0.6 is 15.9 Å². The quantitative estimate of drug-likeness (QED) is 0.820. The van der Waals surface area contributed by atoms with Crippen molar-refractivity contribution in [2.45, 2.75) is 25.7 Å². The fourth-order valence-electron chi connectivity index (χ4n) is 2.55. The lowest BCUT2D eigenvalue weighted by Crippen LogP contribution is -2.63. The minimum Gasteiger partial charge on any atom is -0.331 e. The van der Waals surface area contributed by atoms with Crippen molar-refractivity contribution in [1.82, 2.24) is 15.1 Å². The number of benzene rings is 1. The summed E-state index contributed by atoms with van der Waals surface area (Å²) < 4.78 is 0.592. The summed E-state index contributed by atoms with van der Waals surface area (Å²) in [7, 11) is 1.64. The first-order valence-corrected chi connectivity index (χ1v) is 7.40. The summed E-state index contributed by atoms with van der Waals surface area (Å²) >= 11 is 3.40. The molecule has 7 heteroatoms. The number of hydrogen-bond acceptors (Lipinski definition) is 4. The van der Waals surface area contributed by atoms with Crippen molar-refractivity contribution in [3.05, 3.63) is 35.4 Å².